The quantitative estimate of drug-likeness (QED) is 0.471. The third-order valence-electron chi connectivity index (χ3n) is 5.40. The molecular weight excluding hydrogens is 431 g/mol. The topological polar surface area (TPSA) is 60.0 Å². The second-order valence-electron chi connectivity index (χ2n) is 7.46. The van der Waals surface area contributed by atoms with E-state index in [4.69, 9.17) is 21.1 Å². The maximum Gasteiger partial charge on any atom is 0.417 e. The van der Waals surface area contributed by atoms with E-state index in [0.29, 0.717) is 28.3 Å². The van der Waals surface area contributed by atoms with Crippen LogP contribution in [0.15, 0.2) is 36.5 Å². The van der Waals surface area contributed by atoms with Crippen LogP contribution in [0.1, 0.15) is 48.7 Å². The number of hydrogen-bond donors (Lipinski definition) is 1. The molecule has 1 fully saturated rings. The van der Waals surface area contributed by atoms with Gasteiger partial charge in [-0.25, -0.2) is 4.98 Å². The Morgan fingerprint density at radius 1 is 1.13 bits per heavy atom. The molecule has 2 aromatic heterocycles. The number of benzene rings is 1. The van der Waals surface area contributed by atoms with Crippen LogP contribution in [0.5, 0.6) is 11.5 Å². The highest BCUT2D eigenvalue weighted by atomic mass is 35.5. The maximum absolute atomic E-state index is 12.7. The van der Waals surface area contributed by atoms with Gasteiger partial charge >= 0.3 is 6.18 Å². The first kappa shape index (κ1) is 21.5. The van der Waals surface area contributed by atoms with Crippen molar-refractivity contribution in [3.8, 4) is 22.8 Å². The number of pyridine rings is 1. The van der Waals surface area contributed by atoms with Crippen molar-refractivity contribution in [1.29, 1.82) is 0 Å². The van der Waals surface area contributed by atoms with Crippen LogP contribution in [-0.4, -0.2) is 22.1 Å². The fourth-order valence-corrected chi connectivity index (χ4v) is 3.97. The van der Waals surface area contributed by atoms with Gasteiger partial charge in [-0.2, -0.15) is 13.2 Å². The smallest absolute Gasteiger partial charge is 0.417 e. The van der Waals surface area contributed by atoms with Crippen molar-refractivity contribution in [3.63, 3.8) is 0 Å². The Balaban J connectivity index is 1.49. The van der Waals surface area contributed by atoms with Gasteiger partial charge in [0.05, 0.1) is 24.1 Å². The molecule has 0 amide bonds. The first-order valence-electron chi connectivity index (χ1n) is 9.94. The summed E-state index contributed by atoms with van der Waals surface area (Å²) in [7, 11) is 1.51. The third-order valence-corrected chi connectivity index (χ3v) is 5.67. The molecule has 0 unspecified atom stereocenters. The van der Waals surface area contributed by atoms with E-state index in [2.05, 4.69) is 15.0 Å². The average molecular weight is 452 g/mol. The standard InChI is InChI=1S/C22H21ClF3N3O2/c1-30-18-10-14(19-20(23)29-21(28-19)13-4-2-3-5-13)6-9-17(18)31-12-16-8-7-15(11-27-16)22(24,25)26/h6-11,13H,2-5,12H2,1H3,(H,28,29). The minimum atomic E-state index is -4.42. The molecule has 0 saturated heterocycles. The van der Waals surface area contributed by atoms with Crippen LogP contribution in [0.25, 0.3) is 11.3 Å². The molecule has 0 radical (unpaired) electrons. The summed E-state index contributed by atoms with van der Waals surface area (Å²) in [6.45, 7) is 0.00445. The van der Waals surface area contributed by atoms with Gasteiger partial charge in [0, 0.05) is 17.7 Å². The van der Waals surface area contributed by atoms with E-state index < -0.39 is 11.7 Å². The molecule has 5 nitrogen and oxygen atoms in total. The number of imidazole rings is 1. The Hall–Kier alpha value is -2.74. The second kappa shape index (κ2) is 8.78. The molecule has 1 aliphatic carbocycles. The number of H-pyrrole nitrogens is 1. The Bertz CT molecular complexity index is 1050. The summed E-state index contributed by atoms with van der Waals surface area (Å²) in [5.74, 6) is 2.23. The van der Waals surface area contributed by atoms with Gasteiger partial charge < -0.3 is 14.5 Å². The normalized spacial score (nSPS) is 14.7. The molecule has 3 aromatic rings. The molecule has 0 aliphatic heterocycles. The number of nitrogens with zero attached hydrogens (tertiary/aromatic N) is 2. The lowest BCUT2D eigenvalue weighted by atomic mass is 10.1. The third kappa shape index (κ3) is 4.79. The molecule has 0 atom stereocenters. The summed E-state index contributed by atoms with van der Waals surface area (Å²) >= 11 is 6.38. The molecule has 0 bridgehead atoms. The van der Waals surface area contributed by atoms with Gasteiger partial charge in [0.2, 0.25) is 0 Å². The number of hydrogen-bond acceptors (Lipinski definition) is 4. The number of aromatic amines is 1. The van der Waals surface area contributed by atoms with Crippen LogP contribution in [0.4, 0.5) is 13.2 Å². The van der Waals surface area contributed by atoms with Crippen LogP contribution in [0, 0.1) is 0 Å². The van der Waals surface area contributed by atoms with Gasteiger partial charge in [-0.05, 0) is 43.2 Å². The Kier molecular flexibility index (Phi) is 6.09. The summed E-state index contributed by atoms with van der Waals surface area (Å²) in [4.78, 5) is 11.7. The Morgan fingerprint density at radius 2 is 1.90 bits per heavy atom. The van der Waals surface area contributed by atoms with Crippen LogP contribution in [0.2, 0.25) is 5.15 Å². The zero-order valence-corrected chi connectivity index (χ0v) is 17.6. The van der Waals surface area contributed by atoms with Crippen LogP contribution in [0.3, 0.4) is 0 Å². The van der Waals surface area contributed by atoms with Crippen molar-refractivity contribution in [2.24, 2.45) is 0 Å². The van der Waals surface area contributed by atoms with Gasteiger partial charge in [0.25, 0.3) is 0 Å². The lowest BCUT2D eigenvalue weighted by Gasteiger charge is -2.12. The lowest BCUT2D eigenvalue weighted by Crippen LogP contribution is -2.07. The van der Waals surface area contributed by atoms with Crippen LogP contribution >= 0.6 is 11.6 Å². The molecule has 1 aliphatic rings. The fourth-order valence-electron chi connectivity index (χ4n) is 3.72. The average Bonchev–Trinajstić information content (AvgIpc) is 3.41. The summed E-state index contributed by atoms with van der Waals surface area (Å²) < 4.78 is 49.1. The minimum absolute atomic E-state index is 0.00445. The number of rotatable bonds is 6. The summed E-state index contributed by atoms with van der Waals surface area (Å²) in [6.07, 6.45) is 0.991. The lowest BCUT2D eigenvalue weighted by molar-refractivity contribution is -0.137. The summed E-state index contributed by atoms with van der Waals surface area (Å²) in [6, 6.07) is 7.61. The number of ether oxygens (including phenoxy) is 2. The van der Waals surface area contributed by atoms with Crippen molar-refractivity contribution >= 4 is 11.6 Å². The molecule has 1 saturated carbocycles. The zero-order valence-electron chi connectivity index (χ0n) is 16.8. The summed E-state index contributed by atoms with van der Waals surface area (Å²) in [5.41, 5.74) is 1.10. The number of aromatic nitrogens is 3. The van der Waals surface area contributed by atoms with E-state index >= 15 is 0 Å². The molecule has 1 N–H and O–H groups in total. The van der Waals surface area contributed by atoms with Crippen molar-refractivity contribution in [3.05, 3.63) is 58.8 Å². The molecule has 4 rings (SSSR count). The minimum Gasteiger partial charge on any atom is -0.493 e. The molecule has 31 heavy (non-hydrogen) atoms. The first-order chi connectivity index (χ1) is 14.8. The molecule has 164 valence electrons. The van der Waals surface area contributed by atoms with Gasteiger partial charge in [0.1, 0.15) is 12.4 Å². The number of alkyl halides is 3. The van der Waals surface area contributed by atoms with Gasteiger partial charge in [-0.1, -0.05) is 24.4 Å². The molecule has 0 spiro atoms. The van der Waals surface area contributed by atoms with E-state index in [1.165, 1.54) is 26.0 Å². The summed E-state index contributed by atoms with van der Waals surface area (Å²) in [5, 5.41) is 0.409. The number of halogens is 4. The van der Waals surface area contributed by atoms with Gasteiger partial charge in [-0.15, -0.1) is 0 Å². The van der Waals surface area contributed by atoms with E-state index in [1.54, 1.807) is 12.1 Å². The maximum atomic E-state index is 12.7. The SMILES string of the molecule is COc1cc(-c2[nH]c(C3CCCC3)nc2Cl)ccc1OCc1ccc(C(F)(F)F)cn1. The second-order valence-corrected chi connectivity index (χ2v) is 7.82. The number of nitrogens with one attached hydrogen (secondary N) is 1. The highest BCUT2D eigenvalue weighted by Crippen LogP contribution is 2.38. The highest BCUT2D eigenvalue weighted by Gasteiger charge is 2.30. The van der Waals surface area contributed by atoms with Crippen molar-refractivity contribution in [2.75, 3.05) is 7.11 Å². The largest absolute Gasteiger partial charge is 0.493 e. The van der Waals surface area contributed by atoms with Crippen LogP contribution in [-0.2, 0) is 12.8 Å². The Labute approximate surface area is 182 Å². The van der Waals surface area contributed by atoms with Crippen molar-refractivity contribution < 1.29 is 22.6 Å². The zero-order chi connectivity index (χ0) is 22.0. The fraction of sp³-hybridized carbons (Fsp3) is 0.364. The Morgan fingerprint density at radius 3 is 2.55 bits per heavy atom. The first-order valence-corrected chi connectivity index (χ1v) is 10.3. The predicted octanol–water partition coefficient (Wildman–Crippen LogP) is 6.39. The highest BCUT2D eigenvalue weighted by molar-refractivity contribution is 6.31. The predicted molar refractivity (Wildman–Crippen MR) is 110 cm³/mol. The molecule has 2 heterocycles. The molecule has 1 aromatic carbocycles. The van der Waals surface area contributed by atoms with Crippen LogP contribution < -0.4 is 9.47 Å². The number of methoxy groups -OCH3 is 1. The van der Waals surface area contributed by atoms with E-state index in [1.807, 2.05) is 6.07 Å². The molecule has 9 heteroatoms. The van der Waals surface area contributed by atoms with Crippen molar-refractivity contribution in [1.82, 2.24) is 15.0 Å². The van der Waals surface area contributed by atoms with Crippen molar-refractivity contribution in [2.45, 2.75) is 44.4 Å². The monoisotopic (exact) mass is 451 g/mol. The van der Waals surface area contributed by atoms with Gasteiger partial charge in [-0.3, -0.25) is 4.98 Å². The van der Waals surface area contributed by atoms with E-state index in [9.17, 15) is 13.2 Å². The van der Waals surface area contributed by atoms with E-state index in [0.717, 1.165) is 42.2 Å². The van der Waals surface area contributed by atoms with Gasteiger partial charge in [0.15, 0.2) is 16.7 Å². The van der Waals surface area contributed by atoms with E-state index in [-0.39, 0.29) is 6.61 Å². The molecular formula is C22H21ClF3N3O2.